The number of carbonyl (C=O) groups excluding carboxylic acids is 2. The van der Waals surface area contributed by atoms with Crippen molar-refractivity contribution in [2.45, 2.75) is 39.2 Å². The lowest BCUT2D eigenvalue weighted by Gasteiger charge is -2.38. The van der Waals surface area contributed by atoms with Gasteiger partial charge in [-0.3, -0.25) is 4.79 Å². The molecule has 2 N–H and O–H groups in total. The maximum Gasteiger partial charge on any atom is 0.407 e. The number of alkyl carbamates (subject to hydrolysis) is 1. The lowest BCUT2D eigenvalue weighted by atomic mass is 9.90. The molecule has 0 aromatic carbocycles. The van der Waals surface area contributed by atoms with Crippen molar-refractivity contribution in [2.24, 2.45) is 11.8 Å². The number of methoxy groups -OCH3 is 1. The first-order chi connectivity index (χ1) is 9.47. The fraction of sp³-hybridized carbons (Fsp3) is 0.857. The van der Waals surface area contributed by atoms with Crippen LogP contribution in [0.1, 0.15) is 33.1 Å². The molecule has 1 saturated heterocycles. The number of piperidine rings is 1. The Morgan fingerprint density at radius 2 is 2.10 bits per heavy atom. The van der Waals surface area contributed by atoms with E-state index >= 15 is 0 Å². The molecule has 2 unspecified atom stereocenters. The molecule has 1 aliphatic rings. The second-order valence-corrected chi connectivity index (χ2v) is 5.70. The monoisotopic (exact) mass is 286 g/mol. The fourth-order valence-electron chi connectivity index (χ4n) is 2.67. The average Bonchev–Trinajstić information content (AvgIpc) is 2.43. The molecular weight excluding hydrogens is 260 g/mol. The number of nitrogens with one attached hydrogen (secondary N) is 1. The van der Waals surface area contributed by atoms with Crippen molar-refractivity contribution in [1.29, 1.82) is 0 Å². The largest absolute Gasteiger partial charge is 0.453 e. The maximum absolute atomic E-state index is 12.2. The maximum atomic E-state index is 12.2. The van der Waals surface area contributed by atoms with Crippen LogP contribution in [0.2, 0.25) is 0 Å². The first-order valence-electron chi connectivity index (χ1n) is 7.22. The second kappa shape index (κ2) is 8.09. The highest BCUT2D eigenvalue weighted by atomic mass is 16.5. The van der Waals surface area contributed by atoms with E-state index in [-0.39, 0.29) is 24.5 Å². The van der Waals surface area contributed by atoms with Gasteiger partial charge < -0.3 is 20.1 Å². The molecule has 2 amide bonds. The Balaban J connectivity index is 2.66. The molecule has 0 aromatic rings. The van der Waals surface area contributed by atoms with Gasteiger partial charge in [0.2, 0.25) is 5.91 Å². The minimum Gasteiger partial charge on any atom is -0.453 e. The van der Waals surface area contributed by atoms with Crippen molar-refractivity contribution < 1.29 is 19.4 Å². The Morgan fingerprint density at radius 3 is 2.65 bits per heavy atom. The molecule has 1 aliphatic heterocycles. The molecule has 6 heteroatoms. The normalized spacial score (nSPS) is 22.8. The zero-order chi connectivity index (χ0) is 15.1. The van der Waals surface area contributed by atoms with Gasteiger partial charge in [-0.15, -0.1) is 0 Å². The van der Waals surface area contributed by atoms with E-state index in [2.05, 4.69) is 10.1 Å². The molecule has 0 radical (unpaired) electrons. The average molecular weight is 286 g/mol. The summed E-state index contributed by atoms with van der Waals surface area (Å²) >= 11 is 0. The van der Waals surface area contributed by atoms with Gasteiger partial charge >= 0.3 is 6.09 Å². The number of carbonyl (C=O) groups is 2. The van der Waals surface area contributed by atoms with E-state index in [9.17, 15) is 9.59 Å². The molecule has 1 fully saturated rings. The standard InChI is InChI=1S/C14H26N2O4/c1-10(2)13(18)16-8-11(5-4-6-17)7-12(9-16)15-14(19)20-3/h10-12,17H,4-9H2,1-3H3,(H,15,19). The topological polar surface area (TPSA) is 78.9 Å². The third kappa shape index (κ3) is 5.00. The van der Waals surface area contributed by atoms with Crippen LogP contribution >= 0.6 is 0 Å². The van der Waals surface area contributed by atoms with Crippen molar-refractivity contribution in [3.63, 3.8) is 0 Å². The second-order valence-electron chi connectivity index (χ2n) is 5.70. The van der Waals surface area contributed by atoms with Gasteiger partial charge in [-0.05, 0) is 25.2 Å². The van der Waals surface area contributed by atoms with Crippen LogP contribution in [0.15, 0.2) is 0 Å². The number of hydrogen-bond donors (Lipinski definition) is 2. The van der Waals surface area contributed by atoms with E-state index in [1.165, 1.54) is 7.11 Å². The minimum atomic E-state index is -0.463. The van der Waals surface area contributed by atoms with Crippen molar-refractivity contribution >= 4 is 12.0 Å². The Kier molecular flexibility index (Phi) is 6.78. The van der Waals surface area contributed by atoms with E-state index in [0.29, 0.717) is 19.0 Å². The molecule has 1 rings (SSSR count). The molecular formula is C14H26N2O4. The van der Waals surface area contributed by atoms with Gasteiger partial charge in [0, 0.05) is 25.6 Å². The molecule has 0 spiro atoms. The van der Waals surface area contributed by atoms with Crippen molar-refractivity contribution in [3.8, 4) is 0 Å². The van der Waals surface area contributed by atoms with Crippen LogP contribution < -0.4 is 5.32 Å². The summed E-state index contributed by atoms with van der Waals surface area (Å²) in [5.74, 6) is 0.362. The summed E-state index contributed by atoms with van der Waals surface area (Å²) in [6.07, 6.45) is 1.93. The van der Waals surface area contributed by atoms with Gasteiger partial charge in [-0.25, -0.2) is 4.79 Å². The van der Waals surface area contributed by atoms with E-state index < -0.39 is 6.09 Å². The number of hydrogen-bond acceptors (Lipinski definition) is 4. The Hall–Kier alpha value is -1.30. The van der Waals surface area contributed by atoms with E-state index in [0.717, 1.165) is 19.3 Å². The highest BCUT2D eigenvalue weighted by Gasteiger charge is 2.31. The third-order valence-electron chi connectivity index (χ3n) is 3.62. The molecule has 1 heterocycles. The van der Waals surface area contributed by atoms with Crippen molar-refractivity contribution in [2.75, 3.05) is 26.8 Å². The highest BCUT2D eigenvalue weighted by molar-refractivity contribution is 5.78. The Morgan fingerprint density at radius 1 is 1.40 bits per heavy atom. The van der Waals surface area contributed by atoms with Crippen LogP contribution in [-0.4, -0.2) is 54.9 Å². The summed E-state index contributed by atoms with van der Waals surface area (Å²) < 4.78 is 4.62. The summed E-state index contributed by atoms with van der Waals surface area (Å²) in [7, 11) is 1.33. The zero-order valence-corrected chi connectivity index (χ0v) is 12.6. The highest BCUT2D eigenvalue weighted by Crippen LogP contribution is 2.22. The van der Waals surface area contributed by atoms with E-state index in [4.69, 9.17) is 5.11 Å². The van der Waals surface area contributed by atoms with Crippen LogP contribution in [0.5, 0.6) is 0 Å². The third-order valence-corrected chi connectivity index (χ3v) is 3.62. The quantitative estimate of drug-likeness (QED) is 0.790. The molecule has 0 saturated carbocycles. The number of ether oxygens (including phenoxy) is 1. The smallest absolute Gasteiger partial charge is 0.407 e. The SMILES string of the molecule is COC(=O)NC1CC(CCCO)CN(C(=O)C(C)C)C1. The van der Waals surface area contributed by atoms with Gasteiger partial charge in [0.15, 0.2) is 0 Å². The van der Waals surface area contributed by atoms with Crippen LogP contribution in [0.4, 0.5) is 4.79 Å². The number of aliphatic hydroxyl groups is 1. The molecule has 0 bridgehead atoms. The van der Waals surface area contributed by atoms with Gasteiger partial charge in [0.1, 0.15) is 0 Å². The summed E-state index contributed by atoms with van der Waals surface area (Å²) in [6, 6.07) is -0.0809. The molecule has 6 nitrogen and oxygen atoms in total. The summed E-state index contributed by atoms with van der Waals surface area (Å²) in [5.41, 5.74) is 0. The van der Waals surface area contributed by atoms with Gasteiger partial charge in [0.05, 0.1) is 13.2 Å². The Labute approximate surface area is 120 Å². The van der Waals surface area contributed by atoms with Crippen LogP contribution in [0, 0.1) is 11.8 Å². The summed E-state index contributed by atoms with van der Waals surface area (Å²) in [4.78, 5) is 25.3. The van der Waals surface area contributed by atoms with Crippen molar-refractivity contribution in [3.05, 3.63) is 0 Å². The number of nitrogens with zero attached hydrogens (tertiary/aromatic N) is 1. The fourth-order valence-corrected chi connectivity index (χ4v) is 2.67. The predicted octanol–water partition coefficient (Wildman–Crippen LogP) is 0.988. The first kappa shape index (κ1) is 16.8. The minimum absolute atomic E-state index is 0.0506. The molecule has 116 valence electrons. The molecule has 0 aromatic heterocycles. The van der Waals surface area contributed by atoms with Crippen LogP contribution in [0.25, 0.3) is 0 Å². The van der Waals surface area contributed by atoms with E-state index in [1.807, 2.05) is 18.7 Å². The number of amides is 2. The molecule has 2 atom stereocenters. The molecule has 0 aliphatic carbocycles. The first-order valence-corrected chi connectivity index (χ1v) is 7.22. The van der Waals surface area contributed by atoms with Crippen molar-refractivity contribution in [1.82, 2.24) is 10.2 Å². The van der Waals surface area contributed by atoms with Gasteiger partial charge in [0.25, 0.3) is 0 Å². The summed E-state index contributed by atoms with van der Waals surface area (Å²) in [6.45, 7) is 5.15. The lowest BCUT2D eigenvalue weighted by molar-refractivity contribution is -0.136. The number of rotatable bonds is 5. The Bertz CT molecular complexity index is 333. The van der Waals surface area contributed by atoms with Crippen LogP contribution in [-0.2, 0) is 9.53 Å². The predicted molar refractivity (Wildman–Crippen MR) is 75.2 cm³/mol. The van der Waals surface area contributed by atoms with Crippen LogP contribution in [0.3, 0.4) is 0 Å². The number of aliphatic hydroxyl groups excluding tert-OH is 1. The lowest BCUT2D eigenvalue weighted by Crippen LogP contribution is -2.53. The molecule has 20 heavy (non-hydrogen) atoms. The number of likely N-dealkylation sites (tertiary alicyclic amines) is 1. The van der Waals surface area contributed by atoms with Gasteiger partial charge in [-0.1, -0.05) is 13.8 Å². The van der Waals surface area contributed by atoms with Gasteiger partial charge in [-0.2, -0.15) is 0 Å². The summed E-state index contributed by atoms with van der Waals surface area (Å²) in [5, 5.41) is 11.7. The van der Waals surface area contributed by atoms with E-state index in [1.54, 1.807) is 0 Å². The zero-order valence-electron chi connectivity index (χ0n) is 12.6.